The van der Waals surface area contributed by atoms with E-state index < -0.39 is 22.9 Å². The van der Waals surface area contributed by atoms with Gasteiger partial charge in [-0.2, -0.15) is 18.3 Å². The number of halogens is 3. The Hall–Kier alpha value is -3.40. The minimum Gasteiger partial charge on any atom is -0.491 e. The van der Waals surface area contributed by atoms with Crippen molar-refractivity contribution in [1.82, 2.24) is 14.8 Å². The molecule has 2 aromatic heterocycles. The van der Waals surface area contributed by atoms with Crippen molar-refractivity contribution < 1.29 is 22.1 Å². The summed E-state index contributed by atoms with van der Waals surface area (Å²) in [5.74, 6) is 0.553. The van der Waals surface area contributed by atoms with E-state index in [0.29, 0.717) is 21.7 Å². The number of benzene rings is 2. The molecule has 4 rings (SSSR count). The Balaban J connectivity index is 1.72. The molecule has 32 heavy (non-hydrogen) atoms. The van der Waals surface area contributed by atoms with Crippen molar-refractivity contribution >= 4 is 27.6 Å². The van der Waals surface area contributed by atoms with E-state index in [9.17, 15) is 17.4 Å². The molecular weight excluding hydrogens is 441 g/mol. The highest BCUT2D eigenvalue weighted by molar-refractivity contribution is 7.86. The lowest BCUT2D eigenvalue weighted by atomic mass is 10.1. The van der Waals surface area contributed by atoms with Crippen LogP contribution in [0.2, 0.25) is 0 Å². The van der Waals surface area contributed by atoms with Crippen molar-refractivity contribution in [2.24, 2.45) is 0 Å². The van der Waals surface area contributed by atoms with Crippen LogP contribution in [-0.2, 0) is 17.2 Å². The highest BCUT2D eigenvalue weighted by Gasteiger charge is 2.35. The van der Waals surface area contributed by atoms with Crippen LogP contribution in [0.15, 0.2) is 71.9 Å². The summed E-state index contributed by atoms with van der Waals surface area (Å²) in [6.45, 7) is 3.77. The normalized spacial score (nSPS) is 12.8. The monoisotopic (exact) mass is 460 g/mol. The third-order valence-electron chi connectivity index (χ3n) is 4.49. The van der Waals surface area contributed by atoms with Gasteiger partial charge in [0.1, 0.15) is 11.6 Å². The lowest BCUT2D eigenvalue weighted by Gasteiger charge is -2.12. The van der Waals surface area contributed by atoms with Gasteiger partial charge in [0.2, 0.25) is 0 Å². The number of fused-ring (bicyclic) bond motifs is 1. The Morgan fingerprint density at radius 1 is 1.09 bits per heavy atom. The summed E-state index contributed by atoms with van der Waals surface area (Å²) < 4.78 is 62.5. The van der Waals surface area contributed by atoms with Crippen LogP contribution < -0.4 is 9.46 Å². The van der Waals surface area contributed by atoms with Gasteiger partial charge in [-0.3, -0.25) is 9.71 Å². The molecule has 10 heteroatoms. The van der Waals surface area contributed by atoms with Gasteiger partial charge in [-0.25, -0.2) is 8.89 Å². The Morgan fingerprint density at radius 3 is 2.53 bits per heavy atom. The van der Waals surface area contributed by atoms with Crippen molar-refractivity contribution in [2.75, 3.05) is 4.72 Å². The number of nitrogens with one attached hydrogen (secondary N) is 1. The quantitative estimate of drug-likeness (QED) is 0.421. The molecule has 166 valence electrons. The second kappa shape index (κ2) is 8.62. The molecule has 0 radical (unpaired) electrons. The highest BCUT2D eigenvalue weighted by Crippen LogP contribution is 2.33. The van der Waals surface area contributed by atoms with Gasteiger partial charge >= 0.3 is 6.18 Å². The molecule has 0 amide bonds. The molecule has 0 bridgehead atoms. The van der Waals surface area contributed by atoms with E-state index >= 15 is 0 Å². The van der Waals surface area contributed by atoms with Crippen molar-refractivity contribution in [2.45, 2.75) is 31.0 Å². The molecule has 0 fully saturated rings. The minimum absolute atomic E-state index is 0.0180. The van der Waals surface area contributed by atoms with Gasteiger partial charge in [-0.1, -0.05) is 12.1 Å². The summed E-state index contributed by atoms with van der Waals surface area (Å²) in [6.07, 6.45) is -1.52. The molecular formula is C22H19F3N4O2S. The predicted octanol–water partition coefficient (Wildman–Crippen LogP) is 5.36. The second-order valence-corrected chi connectivity index (χ2v) is 8.42. The van der Waals surface area contributed by atoms with Gasteiger partial charge in [0.05, 0.1) is 16.7 Å². The maximum Gasteiger partial charge on any atom is 0.435 e. The minimum atomic E-state index is -4.66. The van der Waals surface area contributed by atoms with Crippen LogP contribution in [0.5, 0.6) is 5.75 Å². The smallest absolute Gasteiger partial charge is 0.435 e. The zero-order valence-corrected chi connectivity index (χ0v) is 17.9. The Kier molecular flexibility index (Phi) is 5.88. The van der Waals surface area contributed by atoms with Crippen molar-refractivity contribution in [3.63, 3.8) is 0 Å². The number of anilines is 1. The number of pyridine rings is 1. The van der Waals surface area contributed by atoms with Crippen LogP contribution in [0.25, 0.3) is 16.5 Å². The standard InChI is InChI=1S/C22H19F3N4O2S/c1-14(2)31-16-6-8-17(9-7-16)32(30)28-21-12-20(22(23,24)25)27-29(21)19-5-3-4-15-13-26-11-10-18(15)19/h3-14,28H,1-2H3. The Morgan fingerprint density at radius 2 is 1.84 bits per heavy atom. The first-order valence-corrected chi connectivity index (χ1v) is 10.8. The first-order chi connectivity index (χ1) is 15.2. The Bertz CT molecular complexity index is 1270. The van der Waals surface area contributed by atoms with E-state index in [0.717, 1.165) is 16.1 Å². The van der Waals surface area contributed by atoms with E-state index in [1.807, 2.05) is 13.8 Å². The first kappa shape index (κ1) is 21.8. The summed E-state index contributed by atoms with van der Waals surface area (Å²) in [7, 11) is -1.83. The second-order valence-electron chi connectivity index (χ2n) is 7.21. The predicted molar refractivity (Wildman–Crippen MR) is 116 cm³/mol. The summed E-state index contributed by atoms with van der Waals surface area (Å²) in [6, 6.07) is 14.2. The summed E-state index contributed by atoms with van der Waals surface area (Å²) >= 11 is 0. The molecule has 6 nitrogen and oxygen atoms in total. The van der Waals surface area contributed by atoms with E-state index in [-0.39, 0.29) is 11.9 Å². The molecule has 0 aliphatic rings. The molecule has 1 N–H and O–H groups in total. The lowest BCUT2D eigenvalue weighted by Crippen LogP contribution is -2.11. The van der Waals surface area contributed by atoms with E-state index in [2.05, 4.69) is 14.8 Å². The zero-order valence-electron chi connectivity index (χ0n) is 17.1. The number of hydrogen-bond donors (Lipinski definition) is 1. The Labute approximate surface area is 184 Å². The van der Waals surface area contributed by atoms with Crippen LogP contribution in [0.1, 0.15) is 19.5 Å². The van der Waals surface area contributed by atoms with Gasteiger partial charge in [0.25, 0.3) is 0 Å². The van der Waals surface area contributed by atoms with Crippen molar-refractivity contribution in [3.05, 3.63) is 72.7 Å². The number of aromatic nitrogens is 3. The average Bonchev–Trinajstić information content (AvgIpc) is 3.17. The van der Waals surface area contributed by atoms with Gasteiger partial charge in [0.15, 0.2) is 16.7 Å². The first-order valence-electron chi connectivity index (χ1n) is 9.68. The third-order valence-corrected chi connectivity index (χ3v) is 5.59. The van der Waals surface area contributed by atoms with E-state index in [1.165, 1.54) is 0 Å². The maximum atomic E-state index is 13.4. The summed E-state index contributed by atoms with van der Waals surface area (Å²) in [4.78, 5) is 4.42. The highest BCUT2D eigenvalue weighted by atomic mass is 32.2. The fraction of sp³-hybridized carbons (Fsp3) is 0.182. The molecule has 4 aromatic rings. The maximum absolute atomic E-state index is 13.4. The topological polar surface area (TPSA) is 69.0 Å². The van der Waals surface area contributed by atoms with Crippen LogP contribution in [0.3, 0.4) is 0 Å². The van der Waals surface area contributed by atoms with Crippen LogP contribution in [0.4, 0.5) is 19.0 Å². The number of rotatable bonds is 6. The fourth-order valence-corrected chi connectivity index (χ4v) is 3.97. The molecule has 1 unspecified atom stereocenters. The number of hydrogen-bond acceptors (Lipinski definition) is 4. The van der Waals surface area contributed by atoms with Crippen LogP contribution >= 0.6 is 0 Å². The fourth-order valence-electron chi connectivity index (χ4n) is 3.13. The van der Waals surface area contributed by atoms with Crippen LogP contribution in [-0.4, -0.2) is 25.1 Å². The molecule has 1 atom stereocenters. The van der Waals surface area contributed by atoms with E-state index in [4.69, 9.17) is 4.74 Å². The third kappa shape index (κ3) is 4.59. The van der Waals surface area contributed by atoms with E-state index in [1.54, 1.807) is 60.9 Å². The van der Waals surface area contributed by atoms with Gasteiger partial charge in [-0.15, -0.1) is 0 Å². The van der Waals surface area contributed by atoms with Crippen molar-refractivity contribution in [3.8, 4) is 11.4 Å². The van der Waals surface area contributed by atoms with Crippen LogP contribution in [0, 0.1) is 0 Å². The van der Waals surface area contributed by atoms with Gasteiger partial charge < -0.3 is 4.74 Å². The molecule has 2 aromatic carbocycles. The molecule has 0 spiro atoms. The summed E-state index contributed by atoms with van der Waals surface area (Å²) in [5, 5.41) is 5.14. The van der Waals surface area contributed by atoms with Gasteiger partial charge in [0, 0.05) is 29.2 Å². The molecule has 0 saturated heterocycles. The lowest BCUT2D eigenvalue weighted by molar-refractivity contribution is -0.141. The molecule has 0 aliphatic heterocycles. The molecule has 0 aliphatic carbocycles. The SMILES string of the molecule is CC(C)Oc1ccc(S(=O)Nc2cc(C(F)(F)F)nn2-c2cccc3cnccc23)cc1. The summed E-state index contributed by atoms with van der Waals surface area (Å²) in [5.41, 5.74) is -0.690. The largest absolute Gasteiger partial charge is 0.491 e. The van der Waals surface area contributed by atoms with Crippen molar-refractivity contribution in [1.29, 1.82) is 0 Å². The average molecular weight is 460 g/mol. The number of nitrogens with zero attached hydrogens (tertiary/aromatic N) is 3. The molecule has 2 heterocycles. The van der Waals surface area contributed by atoms with Gasteiger partial charge in [-0.05, 0) is 50.2 Å². The number of ether oxygens (including phenoxy) is 1. The number of alkyl halides is 3. The molecule has 0 saturated carbocycles. The zero-order chi connectivity index (χ0) is 22.9.